The molecule has 0 amide bonds. The third-order valence-electron chi connectivity index (χ3n) is 2.27. The molecule has 0 spiro atoms. The van der Waals surface area contributed by atoms with E-state index in [0.29, 0.717) is 26.4 Å². The molecule has 10 heteroatoms. The summed E-state index contributed by atoms with van der Waals surface area (Å²) in [7, 11) is 1.59. The summed E-state index contributed by atoms with van der Waals surface area (Å²) < 4.78 is 20.4. The molecule has 0 atom stereocenters. The van der Waals surface area contributed by atoms with Gasteiger partial charge in [0.1, 0.15) is 12.9 Å². The molecule has 1 aromatic rings. The Kier molecular flexibility index (Phi) is 7.94. The maximum atomic E-state index is 10.8. The minimum absolute atomic E-state index is 0.107. The fourth-order valence-corrected chi connectivity index (χ4v) is 1.31. The first-order chi connectivity index (χ1) is 10.2. The lowest BCUT2D eigenvalue weighted by molar-refractivity contribution is -0.385. The van der Waals surface area contributed by atoms with Crippen LogP contribution >= 0.6 is 0 Å². The Labute approximate surface area is 121 Å². The van der Waals surface area contributed by atoms with Gasteiger partial charge in [0.25, 0.3) is 5.88 Å². The Bertz CT molecular complexity index is 445. The zero-order valence-corrected chi connectivity index (χ0v) is 11.7. The van der Waals surface area contributed by atoms with Crippen molar-refractivity contribution >= 4 is 11.5 Å². The molecule has 0 aliphatic rings. The number of methoxy groups -OCH3 is 1. The molecule has 1 heterocycles. The van der Waals surface area contributed by atoms with Crippen molar-refractivity contribution in [3.63, 3.8) is 0 Å². The second kappa shape index (κ2) is 9.80. The highest BCUT2D eigenvalue weighted by Gasteiger charge is 2.22. The number of nitrogens with two attached hydrogens (primary N) is 1. The smallest absolute Gasteiger partial charge is 0.372 e. The molecule has 1 aromatic heterocycles. The topological polar surface area (TPSA) is 132 Å². The average Bonchev–Trinajstić information content (AvgIpc) is 2.45. The van der Waals surface area contributed by atoms with E-state index in [9.17, 15) is 10.1 Å². The molecule has 0 aromatic carbocycles. The van der Waals surface area contributed by atoms with Crippen molar-refractivity contribution in [1.29, 1.82) is 0 Å². The highest BCUT2D eigenvalue weighted by Crippen LogP contribution is 2.28. The second-order valence-corrected chi connectivity index (χ2v) is 3.74. The number of rotatable bonds is 11. The molecular weight excluding hydrogens is 284 g/mol. The first-order valence-corrected chi connectivity index (χ1v) is 6.19. The number of nitro groups is 1. The van der Waals surface area contributed by atoms with E-state index in [1.54, 1.807) is 7.11 Å². The number of hydrogen-bond acceptors (Lipinski definition) is 9. The van der Waals surface area contributed by atoms with Gasteiger partial charge in [-0.15, -0.1) is 0 Å². The van der Waals surface area contributed by atoms with E-state index in [2.05, 4.69) is 9.97 Å². The Morgan fingerprint density at radius 1 is 1.14 bits per heavy atom. The van der Waals surface area contributed by atoms with Crippen LogP contribution in [0.2, 0.25) is 0 Å². The molecule has 0 radical (unpaired) electrons. The van der Waals surface area contributed by atoms with E-state index in [0.717, 1.165) is 6.33 Å². The molecule has 2 N–H and O–H groups in total. The zero-order valence-electron chi connectivity index (χ0n) is 11.7. The Balaban J connectivity index is 2.21. The molecule has 0 aliphatic carbocycles. The van der Waals surface area contributed by atoms with E-state index in [1.165, 1.54) is 0 Å². The highest BCUT2D eigenvalue weighted by molar-refractivity contribution is 5.57. The van der Waals surface area contributed by atoms with Crippen molar-refractivity contribution < 1.29 is 23.9 Å². The Morgan fingerprint density at radius 2 is 1.76 bits per heavy atom. The van der Waals surface area contributed by atoms with Crippen LogP contribution in [0.15, 0.2) is 6.33 Å². The third-order valence-corrected chi connectivity index (χ3v) is 2.27. The summed E-state index contributed by atoms with van der Waals surface area (Å²) in [6, 6.07) is 0. The van der Waals surface area contributed by atoms with E-state index in [-0.39, 0.29) is 24.9 Å². The molecule has 0 saturated carbocycles. The molecular formula is C11H18N4O6. The van der Waals surface area contributed by atoms with Crippen LogP contribution in [0, 0.1) is 10.1 Å². The lowest BCUT2D eigenvalue weighted by Gasteiger charge is -2.07. The van der Waals surface area contributed by atoms with Gasteiger partial charge in [-0.2, -0.15) is 4.98 Å². The maximum absolute atomic E-state index is 10.8. The van der Waals surface area contributed by atoms with Gasteiger partial charge in [0.2, 0.25) is 5.82 Å². The molecule has 0 unspecified atom stereocenters. The van der Waals surface area contributed by atoms with Crippen molar-refractivity contribution in [2.24, 2.45) is 0 Å². The van der Waals surface area contributed by atoms with Gasteiger partial charge < -0.3 is 24.7 Å². The number of nitrogen functional groups attached to an aromatic ring is 1. The average molecular weight is 302 g/mol. The van der Waals surface area contributed by atoms with Gasteiger partial charge in [0.15, 0.2) is 0 Å². The van der Waals surface area contributed by atoms with Crippen LogP contribution in [0.3, 0.4) is 0 Å². The van der Waals surface area contributed by atoms with Gasteiger partial charge >= 0.3 is 5.69 Å². The summed E-state index contributed by atoms with van der Waals surface area (Å²) >= 11 is 0. The standard InChI is InChI=1S/C11H18N4O6/c1-18-2-3-19-4-5-20-6-7-21-11-9(15(16)17)10(12)13-8-14-11/h8H,2-7H2,1H3,(H2,12,13,14). The van der Waals surface area contributed by atoms with E-state index >= 15 is 0 Å². The minimum Gasteiger partial charge on any atom is -0.470 e. The van der Waals surface area contributed by atoms with Crippen molar-refractivity contribution in [3.8, 4) is 5.88 Å². The number of aromatic nitrogens is 2. The van der Waals surface area contributed by atoms with Gasteiger partial charge in [-0.1, -0.05) is 0 Å². The van der Waals surface area contributed by atoms with Crippen molar-refractivity contribution in [3.05, 3.63) is 16.4 Å². The van der Waals surface area contributed by atoms with Gasteiger partial charge in [-0.3, -0.25) is 10.1 Å². The van der Waals surface area contributed by atoms with Crippen LogP contribution in [0.25, 0.3) is 0 Å². The predicted molar refractivity (Wildman–Crippen MR) is 72.1 cm³/mol. The quantitative estimate of drug-likeness (QED) is 0.341. The number of nitrogens with zero attached hydrogens (tertiary/aromatic N) is 3. The molecule has 0 aliphatic heterocycles. The van der Waals surface area contributed by atoms with Crippen LogP contribution in [0.4, 0.5) is 11.5 Å². The van der Waals surface area contributed by atoms with Crippen LogP contribution in [0.5, 0.6) is 5.88 Å². The summed E-state index contributed by atoms with van der Waals surface area (Å²) in [6.45, 7) is 2.21. The van der Waals surface area contributed by atoms with Crippen molar-refractivity contribution in [1.82, 2.24) is 9.97 Å². The van der Waals surface area contributed by atoms with Gasteiger partial charge in [0, 0.05) is 7.11 Å². The van der Waals surface area contributed by atoms with Crippen LogP contribution in [0.1, 0.15) is 0 Å². The summed E-state index contributed by atoms with van der Waals surface area (Å²) in [4.78, 5) is 17.3. The fourth-order valence-electron chi connectivity index (χ4n) is 1.31. The lowest BCUT2D eigenvalue weighted by atomic mass is 10.4. The number of ether oxygens (including phenoxy) is 4. The molecule has 0 saturated heterocycles. The second-order valence-electron chi connectivity index (χ2n) is 3.74. The number of anilines is 1. The number of hydrogen-bond donors (Lipinski definition) is 1. The third kappa shape index (κ3) is 6.29. The lowest BCUT2D eigenvalue weighted by Crippen LogP contribution is -2.13. The van der Waals surface area contributed by atoms with E-state index in [1.807, 2.05) is 0 Å². The fraction of sp³-hybridized carbons (Fsp3) is 0.636. The molecule has 0 fully saturated rings. The van der Waals surface area contributed by atoms with Gasteiger partial charge in [-0.05, 0) is 0 Å². The summed E-state index contributed by atoms with van der Waals surface area (Å²) in [5.74, 6) is -0.412. The van der Waals surface area contributed by atoms with Crippen LogP contribution in [-0.4, -0.2) is 61.6 Å². The SMILES string of the molecule is COCCOCCOCCOc1ncnc(N)c1[N+](=O)[O-]. The minimum atomic E-state index is -0.685. The molecule has 21 heavy (non-hydrogen) atoms. The van der Waals surface area contributed by atoms with Gasteiger partial charge in [-0.25, -0.2) is 4.98 Å². The normalized spacial score (nSPS) is 10.5. The summed E-state index contributed by atoms with van der Waals surface area (Å²) in [5.41, 5.74) is 4.96. The van der Waals surface area contributed by atoms with Crippen molar-refractivity contribution in [2.45, 2.75) is 0 Å². The zero-order chi connectivity index (χ0) is 15.5. The first-order valence-electron chi connectivity index (χ1n) is 6.19. The molecule has 0 bridgehead atoms. The highest BCUT2D eigenvalue weighted by atomic mass is 16.6. The molecule has 1 rings (SSSR count). The van der Waals surface area contributed by atoms with E-state index in [4.69, 9.17) is 24.7 Å². The van der Waals surface area contributed by atoms with E-state index < -0.39 is 10.6 Å². The van der Waals surface area contributed by atoms with Crippen LogP contribution < -0.4 is 10.5 Å². The maximum Gasteiger partial charge on any atom is 0.372 e. The Morgan fingerprint density at radius 3 is 2.38 bits per heavy atom. The van der Waals surface area contributed by atoms with Gasteiger partial charge in [0.05, 0.1) is 38.0 Å². The molecule has 118 valence electrons. The van der Waals surface area contributed by atoms with Crippen LogP contribution in [-0.2, 0) is 14.2 Å². The summed E-state index contributed by atoms with van der Waals surface area (Å²) in [5, 5.41) is 10.8. The molecule has 10 nitrogen and oxygen atoms in total. The monoisotopic (exact) mass is 302 g/mol. The predicted octanol–water partition coefficient (Wildman–Crippen LogP) is 0.0254. The Hall–Kier alpha value is -2.04. The first kappa shape index (κ1) is 17.0. The largest absolute Gasteiger partial charge is 0.470 e. The summed E-state index contributed by atoms with van der Waals surface area (Å²) in [6.07, 6.45) is 1.10. The van der Waals surface area contributed by atoms with Crippen molar-refractivity contribution in [2.75, 3.05) is 52.5 Å².